The Kier molecular flexibility index (Phi) is 35.5. The number of aryl methyl sites for hydroxylation is 1. The first-order valence-electron chi connectivity index (χ1n) is 27.3. The van der Waals surface area contributed by atoms with Crippen molar-refractivity contribution < 1.29 is 76.0 Å². The highest BCUT2D eigenvalue weighted by atomic mass is 28.3. The maximum Gasteiger partial charge on any atom is 0.407 e. The van der Waals surface area contributed by atoms with Crippen LogP contribution in [0.2, 0.25) is 25.7 Å². The average molecular weight is 1170 g/mol. The molecule has 4 atom stereocenters. The number of rotatable bonds is 29. The topological polar surface area (TPSA) is 311 Å². The van der Waals surface area contributed by atoms with E-state index in [-0.39, 0.29) is 71.7 Å². The predicted molar refractivity (Wildman–Crippen MR) is 308 cm³/mol. The van der Waals surface area contributed by atoms with E-state index in [1.807, 2.05) is 26.0 Å². The minimum absolute atomic E-state index is 0.00641. The van der Waals surface area contributed by atoms with Gasteiger partial charge >= 0.3 is 30.0 Å². The summed E-state index contributed by atoms with van der Waals surface area (Å²) in [4.78, 5) is 116. The Morgan fingerprint density at radius 3 is 1.68 bits per heavy atom. The second-order valence-electron chi connectivity index (χ2n) is 20.6. The third kappa shape index (κ3) is 32.1. The minimum Gasteiger partial charge on any atom is -0.477 e. The normalized spacial score (nSPS) is 13.1. The van der Waals surface area contributed by atoms with Crippen LogP contribution in [-0.4, -0.2) is 113 Å². The molecule has 2 aromatic rings. The number of amides is 4. The van der Waals surface area contributed by atoms with Crippen LogP contribution in [0.3, 0.4) is 0 Å². The zero-order valence-corrected chi connectivity index (χ0v) is 51.1. The lowest BCUT2D eigenvalue weighted by molar-refractivity contribution is -0.154. The molecule has 2 aromatic heterocycles. The smallest absolute Gasteiger partial charge is 0.407 e. The summed E-state index contributed by atoms with van der Waals surface area (Å²) in [7, 11) is -1.23. The maximum absolute atomic E-state index is 14.3. The third-order valence-corrected chi connectivity index (χ3v) is 12.5. The highest BCUT2D eigenvalue weighted by Crippen LogP contribution is 2.14. The highest BCUT2D eigenvalue weighted by Gasteiger charge is 2.27. The number of nitrogens with zero attached hydrogens (tertiary/aromatic N) is 2. The molecule has 456 valence electrons. The van der Waals surface area contributed by atoms with Crippen molar-refractivity contribution in [2.24, 2.45) is 5.73 Å². The molecule has 0 unspecified atom stereocenters. The predicted octanol–water partition coefficient (Wildman–Crippen LogP) is 8.79. The van der Waals surface area contributed by atoms with Crippen molar-refractivity contribution in [1.82, 2.24) is 31.2 Å². The van der Waals surface area contributed by atoms with Crippen LogP contribution in [0.5, 0.6) is 0 Å². The van der Waals surface area contributed by atoms with Crippen LogP contribution in [0.15, 0.2) is 72.1 Å². The molecular formula is C58H87F2N7O14Si. The van der Waals surface area contributed by atoms with Crippen molar-refractivity contribution in [3.63, 3.8) is 0 Å². The number of Topliss-reactive ketones (excluding diaryl/α,β-unsaturated/α-hetero) is 1. The number of allylic oxidation sites excluding steroid dienone is 4. The van der Waals surface area contributed by atoms with E-state index in [4.69, 9.17) is 29.8 Å². The van der Waals surface area contributed by atoms with Gasteiger partial charge in [0.2, 0.25) is 0 Å². The number of alkyl carbamates (subject to hydrolysis) is 1. The average Bonchev–Trinajstić information content (AvgIpc) is 3.40. The first-order valence-corrected chi connectivity index (χ1v) is 31.0. The van der Waals surface area contributed by atoms with Gasteiger partial charge in [-0.1, -0.05) is 91.4 Å². The van der Waals surface area contributed by atoms with E-state index < -0.39 is 91.3 Å². The fourth-order valence-corrected chi connectivity index (χ4v) is 6.96. The molecular weight excluding hydrogens is 1080 g/mol. The Hall–Kier alpha value is -7.47. The molecule has 0 aliphatic carbocycles. The standard InChI is InChI=1S/C29H41FN4O7.C17H33NO4Si.C12H13FN2O3/c1-8-11-12-13-19(16-18(4)35)40-27(38)22(10-3)34-25(36)21(9-2)33-26(37)23-15-14-20(30)24(32-23)17-31-28(39)41-29(5,6)7;1-6-8-9-10-14(22-17(20)15(18)7-2)13-16(19)21-11-12-23(3,4)5;1-3-8-7(13)5-6-10(14-8)11(16)15-9(4-2)12(17)18/h9,12-15,19,22H,8,10-11,16-17H2,1-7H3,(H,31,39)(H,33,37)(H,34,36);9-10,14-15H,6-8,11-13,18H2,1-5H3;4-6H,3H2,1-2H3,(H,15,16)(H,17,18)/b13-12+,21-9-;10-9+;9-4+/t19-,22+;14-,15+;/m11./s1. The summed E-state index contributed by atoms with van der Waals surface area (Å²) in [5, 5.41) is 18.2. The van der Waals surface area contributed by atoms with Crippen LogP contribution in [0.1, 0.15) is 160 Å². The molecule has 4 amide bonds. The number of hydrogen-bond acceptors (Lipinski definition) is 16. The molecule has 0 aliphatic rings. The van der Waals surface area contributed by atoms with Crippen LogP contribution >= 0.6 is 0 Å². The molecule has 0 aromatic carbocycles. The van der Waals surface area contributed by atoms with Crippen molar-refractivity contribution in [2.75, 3.05) is 6.61 Å². The van der Waals surface area contributed by atoms with Gasteiger partial charge in [0.05, 0.1) is 31.0 Å². The Bertz CT molecular complexity index is 2580. The number of ketones is 1. The Morgan fingerprint density at radius 2 is 1.23 bits per heavy atom. The molecule has 7 N–H and O–H groups in total. The SMILES string of the molecule is C/C=C(/NC(=O)c1ccc(F)c(CC)n1)C(=O)O.C/C=C(\NC(=O)c1ccc(F)c(CNC(=O)OC(C)(C)C)n1)C(=O)N[C@@H](CC)C(=O)O[C@H](/C=C/CCC)CC(C)=O.CCC/C=C/[C@H](CC(=O)OCC[Si](C)(C)C)OC(=O)[C@@H](N)CC. The molecule has 21 nitrogen and oxygen atoms in total. The molecule has 0 saturated carbocycles. The van der Waals surface area contributed by atoms with Gasteiger partial charge in [-0.3, -0.25) is 28.8 Å². The maximum atomic E-state index is 14.3. The van der Waals surface area contributed by atoms with Crippen molar-refractivity contribution in [3.8, 4) is 0 Å². The van der Waals surface area contributed by atoms with Crippen molar-refractivity contribution in [1.29, 1.82) is 0 Å². The van der Waals surface area contributed by atoms with E-state index in [0.717, 1.165) is 49.9 Å². The summed E-state index contributed by atoms with van der Waals surface area (Å²) >= 11 is 0. The molecule has 0 fully saturated rings. The number of ether oxygens (including phenoxy) is 4. The molecule has 0 spiro atoms. The number of nitrogens with two attached hydrogens (primary N) is 1. The molecule has 0 bridgehead atoms. The number of pyridine rings is 2. The van der Waals surface area contributed by atoms with E-state index >= 15 is 0 Å². The van der Waals surface area contributed by atoms with Crippen LogP contribution in [0.4, 0.5) is 13.6 Å². The molecule has 0 aliphatic heterocycles. The van der Waals surface area contributed by atoms with Gasteiger partial charge in [-0.15, -0.1) is 0 Å². The second-order valence-corrected chi connectivity index (χ2v) is 26.2. The summed E-state index contributed by atoms with van der Waals surface area (Å²) in [5.74, 6) is -6.44. The Morgan fingerprint density at radius 1 is 0.732 bits per heavy atom. The summed E-state index contributed by atoms with van der Waals surface area (Å²) < 4.78 is 48.6. The first-order chi connectivity index (χ1) is 38.4. The number of carbonyl (C=O) groups is 9. The fourth-order valence-electron chi connectivity index (χ4n) is 6.25. The summed E-state index contributed by atoms with van der Waals surface area (Å²) in [6.45, 7) is 25.4. The lowest BCUT2D eigenvalue weighted by Gasteiger charge is -2.20. The van der Waals surface area contributed by atoms with E-state index in [2.05, 4.69) is 57.8 Å². The number of aromatic nitrogens is 2. The number of halogens is 2. The molecule has 82 heavy (non-hydrogen) atoms. The van der Waals surface area contributed by atoms with Gasteiger partial charge in [0.1, 0.15) is 70.1 Å². The summed E-state index contributed by atoms with van der Waals surface area (Å²) in [6, 6.07) is 3.71. The second kappa shape index (κ2) is 39.0. The number of carboxylic acid groups (broad SMARTS) is 1. The molecule has 0 radical (unpaired) electrons. The summed E-state index contributed by atoms with van der Waals surface area (Å²) in [6.07, 6.45) is 12.2. The van der Waals surface area contributed by atoms with Crippen LogP contribution in [0.25, 0.3) is 0 Å². The van der Waals surface area contributed by atoms with Gasteiger partial charge in [-0.2, -0.15) is 0 Å². The Balaban J connectivity index is 0.00000134. The van der Waals surface area contributed by atoms with Crippen molar-refractivity contribution in [3.05, 3.63) is 107 Å². The highest BCUT2D eigenvalue weighted by molar-refractivity contribution is 6.76. The number of carbonyl (C=O) groups excluding carboxylic acids is 8. The zero-order valence-electron chi connectivity index (χ0n) is 50.1. The van der Waals surface area contributed by atoms with Crippen LogP contribution in [-0.2, 0) is 60.7 Å². The number of aliphatic carboxylic acids is 1. The fraction of sp³-hybridized carbons (Fsp3) is 0.534. The van der Waals surface area contributed by atoms with Gasteiger partial charge in [-0.05, 0) is 116 Å². The largest absolute Gasteiger partial charge is 0.477 e. The van der Waals surface area contributed by atoms with Gasteiger partial charge in [0.25, 0.3) is 17.7 Å². The van der Waals surface area contributed by atoms with Crippen molar-refractivity contribution in [2.45, 2.75) is 196 Å². The Labute approximate surface area is 482 Å². The van der Waals surface area contributed by atoms with Gasteiger partial charge in [-0.25, -0.2) is 33.1 Å². The van der Waals surface area contributed by atoms with E-state index in [1.165, 1.54) is 39.0 Å². The molecule has 0 saturated heterocycles. The first kappa shape index (κ1) is 74.5. The number of hydrogen-bond donors (Lipinski definition) is 6. The number of unbranched alkanes of at least 4 members (excludes halogenated alkanes) is 2. The van der Waals surface area contributed by atoms with E-state index in [0.29, 0.717) is 19.4 Å². The molecule has 2 rings (SSSR count). The van der Waals surface area contributed by atoms with Gasteiger partial charge < -0.3 is 51.1 Å². The lowest BCUT2D eigenvalue weighted by atomic mass is 10.1. The zero-order chi connectivity index (χ0) is 62.8. The van der Waals surface area contributed by atoms with Gasteiger partial charge in [0, 0.05) is 14.5 Å². The van der Waals surface area contributed by atoms with E-state index in [9.17, 15) is 51.9 Å². The lowest BCUT2D eigenvalue weighted by Crippen LogP contribution is -2.45. The molecule has 2 heterocycles. The third-order valence-electron chi connectivity index (χ3n) is 10.8. The monoisotopic (exact) mass is 1170 g/mol. The minimum atomic E-state index is -1.25. The molecule has 24 heteroatoms. The van der Waals surface area contributed by atoms with E-state index in [1.54, 1.807) is 46.8 Å². The number of nitrogens with one attached hydrogen (secondary N) is 4. The van der Waals surface area contributed by atoms with Gasteiger partial charge in [0.15, 0.2) is 0 Å². The number of esters is 3. The number of carboxylic acids is 1. The van der Waals surface area contributed by atoms with Crippen LogP contribution < -0.4 is 27.0 Å². The van der Waals surface area contributed by atoms with Crippen molar-refractivity contribution >= 4 is 61.5 Å². The quantitative estimate of drug-likeness (QED) is 0.0146. The summed E-state index contributed by atoms with van der Waals surface area (Å²) in [5.41, 5.74) is 4.22. The van der Waals surface area contributed by atoms with Crippen LogP contribution in [0, 0.1) is 11.6 Å².